The summed E-state index contributed by atoms with van der Waals surface area (Å²) in [6.45, 7) is 4.13. The van der Waals surface area contributed by atoms with Crippen molar-refractivity contribution in [2.75, 3.05) is 27.4 Å². The molecule has 6 rings (SSSR count). The Morgan fingerprint density at radius 3 is 2.41 bits per heavy atom. The van der Waals surface area contributed by atoms with Crippen molar-refractivity contribution in [3.63, 3.8) is 0 Å². The molecule has 6 heteroatoms. The summed E-state index contributed by atoms with van der Waals surface area (Å²) < 4.78 is 16.8. The number of ether oxygens (including phenoxy) is 3. The van der Waals surface area contributed by atoms with Crippen molar-refractivity contribution < 1.29 is 23.8 Å². The van der Waals surface area contributed by atoms with Crippen molar-refractivity contribution in [1.82, 2.24) is 4.90 Å². The molecule has 2 aliphatic heterocycles. The molecule has 4 fully saturated rings. The molecule has 2 saturated carbocycles. The maximum absolute atomic E-state index is 13.5. The fourth-order valence-electron chi connectivity index (χ4n) is 8.13. The highest BCUT2D eigenvalue weighted by Gasteiger charge is 2.77. The summed E-state index contributed by atoms with van der Waals surface area (Å²) in [5, 5.41) is 0. The van der Waals surface area contributed by atoms with Crippen LogP contribution >= 0.6 is 0 Å². The Hall–Kier alpha value is -2.08. The fraction of sp³-hybridized carbons (Fsp3) is 0.692. The fourth-order valence-corrected chi connectivity index (χ4v) is 8.13. The number of rotatable bonds is 5. The topological polar surface area (TPSA) is 65.1 Å². The third-order valence-corrected chi connectivity index (χ3v) is 9.28. The Bertz CT molecular complexity index is 926. The zero-order valence-corrected chi connectivity index (χ0v) is 19.7. The Balaban J connectivity index is 1.72. The predicted octanol–water partition coefficient (Wildman–Crippen LogP) is 3.64. The molecule has 174 valence electrons. The van der Waals surface area contributed by atoms with Gasteiger partial charge >= 0.3 is 11.9 Å². The molecule has 2 unspecified atom stereocenters. The first-order chi connectivity index (χ1) is 15.4. The van der Waals surface area contributed by atoms with Gasteiger partial charge in [-0.25, -0.2) is 0 Å². The molecular formula is C26H35NO5. The van der Waals surface area contributed by atoms with Gasteiger partial charge in [0.25, 0.3) is 0 Å². The summed E-state index contributed by atoms with van der Waals surface area (Å²) >= 11 is 0. The lowest BCUT2D eigenvalue weighted by atomic mass is 9.35. The molecule has 4 bridgehead atoms. The Kier molecular flexibility index (Phi) is 5.08. The first-order valence-electron chi connectivity index (χ1n) is 12.1. The van der Waals surface area contributed by atoms with Crippen molar-refractivity contribution in [3.05, 3.63) is 29.3 Å². The molecule has 0 radical (unpaired) electrons. The largest absolute Gasteiger partial charge is 0.497 e. The second-order valence-corrected chi connectivity index (χ2v) is 10.2. The van der Waals surface area contributed by atoms with E-state index in [9.17, 15) is 9.59 Å². The quantitative estimate of drug-likeness (QED) is 0.514. The standard InChI is InChI=1S/C26H35NO5/c1-5-31-22(28)26(23(29)32-6-2)16-25-12-8-7-11-24(25)15-21(26)27(3)20(25)13-17-9-10-18(30-4)14-19(17)24/h9-10,14,20-21H,5-8,11-13,15-16H2,1-4H3/t20?,21?,24-,25-/m0/s1. The minimum Gasteiger partial charge on any atom is -0.497 e. The minimum absolute atomic E-state index is 0.0439. The number of fused-ring (bicyclic) bond motifs is 2. The average Bonchev–Trinajstić information content (AvgIpc) is 2.80. The van der Waals surface area contributed by atoms with Crippen LogP contribution in [-0.2, 0) is 30.9 Å². The van der Waals surface area contributed by atoms with Gasteiger partial charge in [-0.3, -0.25) is 14.5 Å². The van der Waals surface area contributed by atoms with Gasteiger partial charge in [-0.15, -0.1) is 0 Å². The lowest BCUT2D eigenvalue weighted by Crippen LogP contribution is -2.80. The van der Waals surface area contributed by atoms with Crippen molar-refractivity contribution in [1.29, 1.82) is 0 Å². The number of esters is 2. The summed E-state index contributed by atoms with van der Waals surface area (Å²) in [5.41, 5.74) is 1.31. The molecule has 2 saturated heterocycles. The van der Waals surface area contributed by atoms with Gasteiger partial charge in [0.05, 0.1) is 20.3 Å². The van der Waals surface area contributed by atoms with E-state index in [0.717, 1.165) is 37.9 Å². The zero-order chi connectivity index (χ0) is 22.7. The number of nitrogens with zero attached hydrogens (tertiary/aromatic N) is 1. The zero-order valence-electron chi connectivity index (χ0n) is 19.7. The summed E-state index contributed by atoms with van der Waals surface area (Å²) in [6.07, 6.45) is 6.65. The van der Waals surface area contributed by atoms with Gasteiger partial charge in [-0.1, -0.05) is 18.9 Å². The molecule has 5 aliphatic rings. The molecule has 2 heterocycles. The molecule has 0 amide bonds. The SMILES string of the molecule is CCOC(=O)C1(C(=O)OCC)C[C@]23CCCC[C@@]24CC1N(C)C3Cc1ccc(OC)cc14. The van der Waals surface area contributed by atoms with Crippen LogP contribution in [0.15, 0.2) is 18.2 Å². The Labute approximate surface area is 190 Å². The van der Waals surface area contributed by atoms with E-state index in [1.807, 2.05) is 0 Å². The molecular weight excluding hydrogens is 406 g/mol. The predicted molar refractivity (Wildman–Crippen MR) is 120 cm³/mol. The number of carbonyl (C=O) groups excluding carboxylic acids is 2. The lowest BCUT2D eigenvalue weighted by Gasteiger charge is -2.74. The van der Waals surface area contributed by atoms with E-state index >= 15 is 0 Å². The Morgan fingerprint density at radius 1 is 1.06 bits per heavy atom. The van der Waals surface area contributed by atoms with E-state index in [1.165, 1.54) is 17.5 Å². The van der Waals surface area contributed by atoms with Gasteiger partial charge in [-0.2, -0.15) is 0 Å². The molecule has 0 N–H and O–H groups in total. The van der Waals surface area contributed by atoms with Crippen molar-refractivity contribution in [2.24, 2.45) is 10.8 Å². The minimum atomic E-state index is -1.26. The first-order valence-corrected chi connectivity index (χ1v) is 12.1. The van der Waals surface area contributed by atoms with E-state index in [-0.39, 0.29) is 30.1 Å². The van der Waals surface area contributed by atoms with Crippen molar-refractivity contribution in [2.45, 2.75) is 76.3 Å². The maximum atomic E-state index is 13.5. The number of carbonyl (C=O) groups is 2. The highest BCUT2D eigenvalue weighted by Crippen LogP contribution is 2.73. The van der Waals surface area contributed by atoms with Gasteiger partial charge in [0.2, 0.25) is 0 Å². The van der Waals surface area contributed by atoms with E-state index in [1.54, 1.807) is 21.0 Å². The first kappa shape index (κ1) is 21.7. The van der Waals surface area contributed by atoms with Crippen molar-refractivity contribution in [3.8, 4) is 5.75 Å². The van der Waals surface area contributed by atoms with Crippen LogP contribution in [0.5, 0.6) is 5.75 Å². The number of hydrogen-bond acceptors (Lipinski definition) is 6. The highest BCUT2D eigenvalue weighted by molar-refractivity contribution is 6.02. The maximum Gasteiger partial charge on any atom is 0.325 e. The number of piperidine rings is 2. The van der Waals surface area contributed by atoms with Crippen molar-refractivity contribution >= 4 is 11.9 Å². The second-order valence-electron chi connectivity index (χ2n) is 10.2. The highest BCUT2D eigenvalue weighted by atomic mass is 16.6. The van der Waals surface area contributed by atoms with Crippen LogP contribution in [0.2, 0.25) is 0 Å². The van der Waals surface area contributed by atoms with E-state index in [4.69, 9.17) is 14.2 Å². The molecule has 0 aromatic heterocycles. The normalized spacial score (nSPS) is 34.2. The number of likely N-dealkylation sites (N-methyl/N-ethyl adjacent to an activating group) is 1. The molecule has 4 atom stereocenters. The van der Waals surface area contributed by atoms with E-state index < -0.39 is 17.4 Å². The summed E-state index contributed by atoms with van der Waals surface area (Å²) in [5.74, 6) is 0.0756. The van der Waals surface area contributed by atoms with Crippen LogP contribution < -0.4 is 4.74 Å². The van der Waals surface area contributed by atoms with Crippen LogP contribution in [-0.4, -0.2) is 56.3 Å². The third-order valence-electron chi connectivity index (χ3n) is 9.28. The van der Waals surface area contributed by atoms with Crippen LogP contribution in [0.1, 0.15) is 63.5 Å². The molecule has 6 nitrogen and oxygen atoms in total. The van der Waals surface area contributed by atoms with Gasteiger partial charge in [0.1, 0.15) is 5.75 Å². The summed E-state index contributed by atoms with van der Waals surface area (Å²) in [6, 6.07) is 6.59. The monoisotopic (exact) mass is 441 g/mol. The number of hydrogen-bond donors (Lipinski definition) is 0. The van der Waals surface area contributed by atoms with Crippen LogP contribution in [0.4, 0.5) is 0 Å². The van der Waals surface area contributed by atoms with Crippen LogP contribution in [0, 0.1) is 10.8 Å². The molecule has 1 spiro atoms. The molecule has 1 aromatic carbocycles. The summed E-state index contributed by atoms with van der Waals surface area (Å²) in [4.78, 5) is 29.4. The molecule has 1 aromatic rings. The molecule has 3 aliphatic carbocycles. The van der Waals surface area contributed by atoms with Crippen LogP contribution in [0.3, 0.4) is 0 Å². The summed E-state index contributed by atoms with van der Waals surface area (Å²) in [7, 11) is 3.82. The van der Waals surface area contributed by atoms with Gasteiger partial charge in [0, 0.05) is 17.5 Å². The van der Waals surface area contributed by atoms with Gasteiger partial charge in [-0.05, 0) is 81.7 Å². The molecule has 32 heavy (non-hydrogen) atoms. The number of methoxy groups -OCH3 is 1. The van der Waals surface area contributed by atoms with Gasteiger partial charge < -0.3 is 14.2 Å². The second kappa shape index (κ2) is 7.47. The lowest BCUT2D eigenvalue weighted by molar-refractivity contribution is -0.232. The Morgan fingerprint density at radius 2 is 1.75 bits per heavy atom. The van der Waals surface area contributed by atoms with E-state index in [2.05, 4.69) is 30.1 Å². The number of benzene rings is 1. The smallest absolute Gasteiger partial charge is 0.325 e. The van der Waals surface area contributed by atoms with E-state index in [0.29, 0.717) is 12.5 Å². The average molecular weight is 442 g/mol. The third kappa shape index (κ3) is 2.50. The van der Waals surface area contributed by atoms with Crippen LogP contribution in [0.25, 0.3) is 0 Å². The van der Waals surface area contributed by atoms with Gasteiger partial charge in [0.15, 0.2) is 5.41 Å².